The third-order valence-electron chi connectivity index (χ3n) is 4.38. The normalized spacial score (nSPS) is 11.9. The molecule has 10 heteroatoms. The van der Waals surface area contributed by atoms with Crippen molar-refractivity contribution in [3.05, 3.63) is 63.2 Å². The Hall–Kier alpha value is -2.56. The summed E-state index contributed by atoms with van der Waals surface area (Å²) in [5, 5.41) is 11.1. The predicted molar refractivity (Wildman–Crippen MR) is 120 cm³/mol. The zero-order chi connectivity index (χ0) is 22.2. The van der Waals surface area contributed by atoms with E-state index in [1.165, 1.54) is 35.6 Å². The molecule has 1 amide bonds. The molecule has 1 aromatic heterocycles. The highest BCUT2D eigenvalue weighted by atomic mass is 32.2. The van der Waals surface area contributed by atoms with Crippen molar-refractivity contribution in [3.8, 4) is 0 Å². The smallest absolute Gasteiger partial charge is 0.270 e. The first kappa shape index (κ1) is 23.1. The summed E-state index contributed by atoms with van der Waals surface area (Å²) in [6.45, 7) is 3.43. The SMILES string of the molecule is CCOCCn1c(=NC(=O)CCCSc2ccc(F)cc2)sc2cc([N+](=O)[O-])ccc21. The number of benzene rings is 2. The number of ether oxygens (including phenoxy) is 1. The van der Waals surface area contributed by atoms with Gasteiger partial charge in [-0.3, -0.25) is 14.9 Å². The maximum Gasteiger partial charge on any atom is 0.270 e. The lowest BCUT2D eigenvalue weighted by atomic mass is 10.3. The Morgan fingerprint density at radius 3 is 2.77 bits per heavy atom. The maximum atomic E-state index is 12.9. The van der Waals surface area contributed by atoms with Crippen LogP contribution in [0.2, 0.25) is 0 Å². The molecule has 0 aliphatic carbocycles. The van der Waals surface area contributed by atoms with Crippen molar-refractivity contribution < 1.29 is 18.8 Å². The van der Waals surface area contributed by atoms with Gasteiger partial charge in [-0.25, -0.2) is 4.39 Å². The Balaban J connectivity index is 1.71. The maximum absolute atomic E-state index is 12.9. The number of amides is 1. The average Bonchev–Trinajstić information content (AvgIpc) is 3.09. The Bertz CT molecular complexity index is 1130. The molecule has 164 valence electrons. The highest BCUT2D eigenvalue weighted by molar-refractivity contribution is 7.99. The van der Waals surface area contributed by atoms with Gasteiger partial charge in [-0.1, -0.05) is 11.3 Å². The number of hydrogen-bond acceptors (Lipinski definition) is 6. The minimum atomic E-state index is -0.440. The first-order valence-corrected chi connectivity index (χ1v) is 11.6. The van der Waals surface area contributed by atoms with E-state index in [4.69, 9.17) is 4.74 Å². The first-order valence-electron chi connectivity index (χ1n) is 9.79. The monoisotopic (exact) mass is 463 g/mol. The van der Waals surface area contributed by atoms with Crippen LogP contribution in [-0.2, 0) is 16.1 Å². The second kappa shape index (κ2) is 11.2. The number of rotatable bonds is 10. The fourth-order valence-corrected chi connectivity index (χ4v) is 4.84. The summed E-state index contributed by atoms with van der Waals surface area (Å²) < 4.78 is 20.9. The van der Waals surface area contributed by atoms with Gasteiger partial charge in [0.25, 0.3) is 5.69 Å². The molecule has 3 aromatic rings. The zero-order valence-electron chi connectivity index (χ0n) is 17.0. The number of carbonyl (C=O) groups is 1. The van der Waals surface area contributed by atoms with Crippen LogP contribution in [0, 0.1) is 15.9 Å². The van der Waals surface area contributed by atoms with Crippen molar-refractivity contribution in [3.63, 3.8) is 0 Å². The third kappa shape index (κ3) is 6.46. The van der Waals surface area contributed by atoms with Crippen LogP contribution in [0.4, 0.5) is 10.1 Å². The number of nitro groups is 1. The van der Waals surface area contributed by atoms with Crippen LogP contribution in [0.5, 0.6) is 0 Å². The minimum absolute atomic E-state index is 0.00130. The predicted octanol–water partition coefficient (Wildman–Crippen LogP) is 4.79. The van der Waals surface area contributed by atoms with E-state index in [1.807, 2.05) is 11.5 Å². The van der Waals surface area contributed by atoms with Crippen molar-refractivity contribution in [2.45, 2.75) is 31.2 Å². The highest BCUT2D eigenvalue weighted by Crippen LogP contribution is 2.23. The summed E-state index contributed by atoms with van der Waals surface area (Å²) in [5.74, 6) is 0.200. The fraction of sp³-hybridized carbons (Fsp3) is 0.333. The lowest BCUT2D eigenvalue weighted by Gasteiger charge is -2.05. The molecule has 0 bridgehead atoms. The van der Waals surface area contributed by atoms with Crippen LogP contribution in [0.15, 0.2) is 52.4 Å². The number of nitro benzene ring substituents is 1. The first-order chi connectivity index (χ1) is 15.0. The van der Waals surface area contributed by atoms with Gasteiger partial charge in [0.2, 0.25) is 5.91 Å². The topological polar surface area (TPSA) is 86.7 Å². The van der Waals surface area contributed by atoms with Crippen LogP contribution in [0.1, 0.15) is 19.8 Å². The van der Waals surface area contributed by atoms with E-state index in [-0.39, 0.29) is 23.8 Å². The highest BCUT2D eigenvalue weighted by Gasteiger charge is 2.13. The molecule has 0 saturated heterocycles. The van der Waals surface area contributed by atoms with E-state index in [2.05, 4.69) is 4.99 Å². The molecule has 31 heavy (non-hydrogen) atoms. The number of nitrogens with zero attached hydrogens (tertiary/aromatic N) is 3. The van der Waals surface area contributed by atoms with Gasteiger partial charge in [-0.2, -0.15) is 4.99 Å². The van der Waals surface area contributed by atoms with Gasteiger partial charge in [0.05, 0.1) is 21.7 Å². The molecular weight excluding hydrogens is 441 g/mol. The van der Waals surface area contributed by atoms with Crippen molar-refractivity contribution in [1.82, 2.24) is 4.57 Å². The van der Waals surface area contributed by atoms with Crippen LogP contribution in [0.3, 0.4) is 0 Å². The van der Waals surface area contributed by atoms with E-state index >= 15 is 0 Å². The summed E-state index contributed by atoms with van der Waals surface area (Å²) >= 11 is 2.81. The second-order valence-corrected chi connectivity index (χ2v) is 8.73. The van der Waals surface area contributed by atoms with Crippen molar-refractivity contribution in [1.29, 1.82) is 0 Å². The second-order valence-electron chi connectivity index (χ2n) is 6.55. The molecule has 3 rings (SSSR count). The van der Waals surface area contributed by atoms with Gasteiger partial charge in [0, 0.05) is 36.6 Å². The number of hydrogen-bond donors (Lipinski definition) is 0. The summed E-state index contributed by atoms with van der Waals surface area (Å²) in [6.07, 6.45) is 0.924. The van der Waals surface area contributed by atoms with Crippen molar-refractivity contribution in [2.24, 2.45) is 4.99 Å². The van der Waals surface area contributed by atoms with Crippen molar-refractivity contribution in [2.75, 3.05) is 19.0 Å². The standard InChI is InChI=1S/C21H22FN3O4S2/c1-2-29-12-11-24-18-10-7-16(25(27)28)14-19(18)31-21(24)23-20(26)4-3-13-30-17-8-5-15(22)6-9-17/h5-10,14H,2-4,11-13H2,1H3. The van der Waals surface area contributed by atoms with Gasteiger partial charge in [-0.15, -0.1) is 11.8 Å². The molecule has 0 aliphatic heterocycles. The van der Waals surface area contributed by atoms with Crippen LogP contribution in [0.25, 0.3) is 10.2 Å². The van der Waals surface area contributed by atoms with Gasteiger partial charge in [-0.05, 0) is 49.4 Å². The molecule has 0 spiro atoms. The number of fused-ring (bicyclic) bond motifs is 1. The number of thioether (sulfide) groups is 1. The lowest BCUT2D eigenvalue weighted by molar-refractivity contribution is -0.384. The van der Waals surface area contributed by atoms with E-state index < -0.39 is 4.92 Å². The Morgan fingerprint density at radius 1 is 1.29 bits per heavy atom. The fourth-order valence-electron chi connectivity index (χ4n) is 2.88. The molecule has 1 heterocycles. The quantitative estimate of drug-likeness (QED) is 0.187. The molecule has 0 fully saturated rings. The summed E-state index contributed by atoms with van der Waals surface area (Å²) in [6, 6.07) is 10.9. The van der Waals surface area contributed by atoms with Gasteiger partial charge in [0.1, 0.15) is 5.82 Å². The summed E-state index contributed by atoms with van der Waals surface area (Å²) in [5.41, 5.74) is 0.787. The van der Waals surface area contributed by atoms with E-state index in [0.29, 0.717) is 35.7 Å². The van der Waals surface area contributed by atoms with Crippen LogP contribution < -0.4 is 4.80 Å². The Labute approximate surface area is 186 Å². The molecule has 0 saturated carbocycles. The van der Waals surface area contributed by atoms with Crippen LogP contribution in [-0.4, -0.2) is 34.4 Å². The van der Waals surface area contributed by atoms with Gasteiger partial charge in [0.15, 0.2) is 4.80 Å². The average molecular weight is 464 g/mol. The Kier molecular flexibility index (Phi) is 8.33. The molecule has 0 unspecified atom stereocenters. The number of non-ortho nitro benzene ring substituents is 1. The van der Waals surface area contributed by atoms with Crippen molar-refractivity contribution >= 4 is 44.9 Å². The minimum Gasteiger partial charge on any atom is -0.380 e. The molecule has 7 nitrogen and oxygen atoms in total. The van der Waals surface area contributed by atoms with E-state index in [1.54, 1.807) is 30.0 Å². The number of thiazole rings is 1. The molecule has 0 aliphatic rings. The summed E-state index contributed by atoms with van der Waals surface area (Å²) in [7, 11) is 0. The largest absolute Gasteiger partial charge is 0.380 e. The number of aromatic nitrogens is 1. The molecular formula is C21H22FN3O4S2. The van der Waals surface area contributed by atoms with E-state index in [0.717, 1.165) is 16.2 Å². The molecule has 0 radical (unpaired) electrons. The molecule has 0 N–H and O–H groups in total. The van der Waals surface area contributed by atoms with Crippen LogP contribution >= 0.6 is 23.1 Å². The Morgan fingerprint density at radius 2 is 2.06 bits per heavy atom. The molecule has 2 aromatic carbocycles. The summed E-state index contributed by atoms with van der Waals surface area (Å²) in [4.78, 5) is 28.8. The van der Waals surface area contributed by atoms with Gasteiger partial charge < -0.3 is 9.30 Å². The third-order valence-corrected chi connectivity index (χ3v) is 6.52. The number of halogens is 1. The van der Waals surface area contributed by atoms with Gasteiger partial charge >= 0.3 is 0 Å². The zero-order valence-corrected chi connectivity index (χ0v) is 18.6. The van der Waals surface area contributed by atoms with E-state index in [9.17, 15) is 19.3 Å². The lowest BCUT2D eigenvalue weighted by Crippen LogP contribution is -2.19. The molecule has 0 atom stereocenters. The number of carbonyl (C=O) groups excluding carboxylic acids is 1.